The molecule has 1 saturated carbocycles. The maximum Gasteiger partial charge on any atom is 0.0129 e. The minimum atomic E-state index is 0.668. The molecule has 0 amide bonds. The molecule has 0 heterocycles. The van der Waals surface area contributed by atoms with Crippen molar-refractivity contribution in [2.75, 3.05) is 13.6 Å². The Morgan fingerprint density at radius 3 is 2.50 bits per heavy atom. The van der Waals surface area contributed by atoms with Crippen LogP contribution in [0.3, 0.4) is 0 Å². The molecule has 0 aliphatic heterocycles. The minimum absolute atomic E-state index is 0.668. The predicted molar refractivity (Wildman–Crippen MR) is 57.9 cm³/mol. The number of alkyl halides is 1. The van der Waals surface area contributed by atoms with E-state index in [1.807, 2.05) is 0 Å². The summed E-state index contributed by atoms with van der Waals surface area (Å²) < 4.78 is 0. The zero-order chi connectivity index (χ0) is 8.97. The van der Waals surface area contributed by atoms with Gasteiger partial charge in [0.05, 0.1) is 0 Å². The van der Waals surface area contributed by atoms with Crippen molar-refractivity contribution in [3.05, 3.63) is 0 Å². The average Bonchev–Trinajstić information content (AvgIpc) is 2.51. The molecule has 0 aromatic rings. The molecule has 1 nitrogen and oxygen atoms in total. The standard InChI is InChI=1S/C10H20BrN/c1-9(11)7-8-12(2)10-5-3-4-6-10/h9-10H,3-8H2,1-2H3. The lowest BCUT2D eigenvalue weighted by molar-refractivity contribution is 0.243. The molecule has 0 aromatic heterocycles. The minimum Gasteiger partial charge on any atom is -0.303 e. The summed E-state index contributed by atoms with van der Waals surface area (Å²) in [6.45, 7) is 3.47. The van der Waals surface area contributed by atoms with Crippen molar-refractivity contribution < 1.29 is 0 Å². The second kappa shape index (κ2) is 5.23. The van der Waals surface area contributed by atoms with Gasteiger partial charge in [0, 0.05) is 10.9 Å². The molecule has 0 aromatic carbocycles. The van der Waals surface area contributed by atoms with Crippen LogP contribution in [0.25, 0.3) is 0 Å². The maximum atomic E-state index is 3.58. The smallest absolute Gasteiger partial charge is 0.0129 e. The van der Waals surface area contributed by atoms with Gasteiger partial charge in [-0.15, -0.1) is 0 Å². The summed E-state index contributed by atoms with van der Waals surface area (Å²) in [6, 6.07) is 0.885. The summed E-state index contributed by atoms with van der Waals surface area (Å²) in [5, 5.41) is 0. The first-order valence-corrected chi connectivity index (χ1v) is 5.96. The highest BCUT2D eigenvalue weighted by atomic mass is 79.9. The van der Waals surface area contributed by atoms with E-state index in [9.17, 15) is 0 Å². The highest BCUT2D eigenvalue weighted by molar-refractivity contribution is 9.09. The zero-order valence-electron chi connectivity index (χ0n) is 8.22. The Morgan fingerprint density at radius 2 is 2.00 bits per heavy atom. The largest absolute Gasteiger partial charge is 0.303 e. The summed E-state index contributed by atoms with van der Waals surface area (Å²) in [5.74, 6) is 0. The number of hydrogen-bond donors (Lipinski definition) is 0. The Labute approximate surface area is 84.6 Å². The van der Waals surface area contributed by atoms with Crippen molar-refractivity contribution in [1.29, 1.82) is 0 Å². The molecule has 72 valence electrons. The molecule has 0 spiro atoms. The maximum absolute atomic E-state index is 3.58. The van der Waals surface area contributed by atoms with Gasteiger partial charge < -0.3 is 4.90 Å². The van der Waals surface area contributed by atoms with Crippen molar-refractivity contribution in [3.63, 3.8) is 0 Å². The van der Waals surface area contributed by atoms with Crippen molar-refractivity contribution in [2.24, 2.45) is 0 Å². The highest BCUT2D eigenvalue weighted by Gasteiger charge is 2.18. The number of halogens is 1. The van der Waals surface area contributed by atoms with E-state index < -0.39 is 0 Å². The van der Waals surface area contributed by atoms with Gasteiger partial charge >= 0.3 is 0 Å². The Morgan fingerprint density at radius 1 is 1.42 bits per heavy atom. The number of rotatable bonds is 4. The van der Waals surface area contributed by atoms with Gasteiger partial charge in [-0.3, -0.25) is 0 Å². The van der Waals surface area contributed by atoms with Crippen LogP contribution in [0.5, 0.6) is 0 Å². The van der Waals surface area contributed by atoms with Crippen LogP contribution in [-0.2, 0) is 0 Å². The molecule has 1 rings (SSSR count). The first-order valence-electron chi connectivity index (χ1n) is 5.04. The fourth-order valence-electron chi connectivity index (χ4n) is 1.91. The van der Waals surface area contributed by atoms with Gasteiger partial charge in [0.2, 0.25) is 0 Å². The van der Waals surface area contributed by atoms with Gasteiger partial charge in [-0.05, 0) is 32.9 Å². The molecule has 0 bridgehead atoms. The normalized spacial score (nSPS) is 22.0. The Bertz CT molecular complexity index is 119. The molecular weight excluding hydrogens is 214 g/mol. The van der Waals surface area contributed by atoms with E-state index in [0.29, 0.717) is 4.83 Å². The fraction of sp³-hybridized carbons (Fsp3) is 1.00. The van der Waals surface area contributed by atoms with E-state index in [-0.39, 0.29) is 0 Å². The Hall–Kier alpha value is 0.440. The van der Waals surface area contributed by atoms with Crippen molar-refractivity contribution in [1.82, 2.24) is 4.90 Å². The van der Waals surface area contributed by atoms with Crippen LogP contribution < -0.4 is 0 Å². The lowest BCUT2D eigenvalue weighted by Crippen LogP contribution is -2.30. The molecule has 0 saturated heterocycles. The van der Waals surface area contributed by atoms with E-state index in [4.69, 9.17) is 0 Å². The van der Waals surface area contributed by atoms with Crippen LogP contribution >= 0.6 is 15.9 Å². The predicted octanol–water partition coefficient (Wildman–Crippen LogP) is 3.03. The lowest BCUT2D eigenvalue weighted by atomic mass is 10.2. The quantitative estimate of drug-likeness (QED) is 0.676. The van der Waals surface area contributed by atoms with Gasteiger partial charge in [0.25, 0.3) is 0 Å². The SMILES string of the molecule is CC(Br)CCN(C)C1CCCC1. The molecule has 0 radical (unpaired) electrons. The fourth-order valence-corrected chi connectivity index (χ4v) is 2.11. The van der Waals surface area contributed by atoms with Gasteiger partial charge in [-0.25, -0.2) is 0 Å². The molecule has 1 aliphatic carbocycles. The van der Waals surface area contributed by atoms with Gasteiger partial charge in [0.15, 0.2) is 0 Å². The van der Waals surface area contributed by atoms with Crippen molar-refractivity contribution in [2.45, 2.75) is 49.9 Å². The Balaban J connectivity index is 2.13. The summed E-state index contributed by atoms with van der Waals surface area (Å²) >= 11 is 3.58. The summed E-state index contributed by atoms with van der Waals surface area (Å²) in [5.41, 5.74) is 0. The topological polar surface area (TPSA) is 3.24 Å². The van der Waals surface area contributed by atoms with E-state index in [1.54, 1.807) is 0 Å². The van der Waals surface area contributed by atoms with E-state index in [2.05, 4.69) is 34.8 Å². The van der Waals surface area contributed by atoms with Crippen LogP contribution in [-0.4, -0.2) is 29.4 Å². The zero-order valence-corrected chi connectivity index (χ0v) is 9.81. The van der Waals surface area contributed by atoms with E-state index in [1.165, 1.54) is 38.6 Å². The third kappa shape index (κ3) is 3.44. The first kappa shape index (κ1) is 10.5. The number of nitrogens with zero attached hydrogens (tertiary/aromatic N) is 1. The van der Waals surface area contributed by atoms with Crippen LogP contribution in [0.2, 0.25) is 0 Å². The molecule has 1 aliphatic rings. The Kier molecular flexibility index (Phi) is 4.59. The van der Waals surface area contributed by atoms with Crippen LogP contribution in [0.1, 0.15) is 39.0 Å². The average molecular weight is 234 g/mol. The first-order chi connectivity index (χ1) is 5.70. The highest BCUT2D eigenvalue weighted by Crippen LogP contribution is 2.22. The second-order valence-electron chi connectivity index (χ2n) is 3.99. The van der Waals surface area contributed by atoms with Gasteiger partial charge in [-0.2, -0.15) is 0 Å². The summed E-state index contributed by atoms with van der Waals surface area (Å²) in [6.07, 6.45) is 7.01. The lowest BCUT2D eigenvalue weighted by Gasteiger charge is -2.24. The van der Waals surface area contributed by atoms with Crippen molar-refractivity contribution in [3.8, 4) is 0 Å². The van der Waals surface area contributed by atoms with Crippen molar-refractivity contribution >= 4 is 15.9 Å². The molecule has 1 fully saturated rings. The van der Waals surface area contributed by atoms with Crippen LogP contribution in [0.4, 0.5) is 0 Å². The monoisotopic (exact) mass is 233 g/mol. The molecule has 1 unspecified atom stereocenters. The molecule has 1 atom stereocenters. The van der Waals surface area contributed by atoms with E-state index >= 15 is 0 Å². The molecular formula is C10H20BrN. The van der Waals surface area contributed by atoms with E-state index in [0.717, 1.165) is 6.04 Å². The molecule has 2 heteroatoms. The number of hydrogen-bond acceptors (Lipinski definition) is 1. The third-order valence-corrected chi connectivity index (χ3v) is 3.29. The molecule has 12 heavy (non-hydrogen) atoms. The van der Waals surface area contributed by atoms with Crippen LogP contribution in [0.15, 0.2) is 0 Å². The van der Waals surface area contributed by atoms with Gasteiger partial charge in [0.1, 0.15) is 0 Å². The molecule has 0 N–H and O–H groups in total. The van der Waals surface area contributed by atoms with Gasteiger partial charge in [-0.1, -0.05) is 35.7 Å². The second-order valence-corrected chi connectivity index (χ2v) is 5.55. The van der Waals surface area contributed by atoms with Crippen LogP contribution in [0, 0.1) is 0 Å². The summed E-state index contributed by atoms with van der Waals surface area (Å²) in [4.78, 5) is 3.20. The summed E-state index contributed by atoms with van der Waals surface area (Å²) in [7, 11) is 2.27. The third-order valence-electron chi connectivity index (χ3n) is 2.83.